The standard InChI is InChI=1S/C6H6F8O2/c7-1-2-15-4(16-3-8,5(9,10)11)6(12,13)14/h1-3H2. The van der Waals surface area contributed by atoms with E-state index in [4.69, 9.17) is 0 Å². The van der Waals surface area contributed by atoms with E-state index in [2.05, 4.69) is 9.47 Å². The van der Waals surface area contributed by atoms with Crippen molar-refractivity contribution in [2.24, 2.45) is 0 Å². The maximum Gasteiger partial charge on any atom is 0.453 e. The highest BCUT2D eigenvalue weighted by Crippen LogP contribution is 2.46. The highest BCUT2D eigenvalue weighted by molar-refractivity contribution is 4.87. The van der Waals surface area contributed by atoms with E-state index in [1.807, 2.05) is 0 Å². The molecule has 0 rings (SSSR count). The summed E-state index contributed by atoms with van der Waals surface area (Å²) in [6.45, 7) is -5.52. The van der Waals surface area contributed by atoms with Crippen LogP contribution in [0.4, 0.5) is 35.1 Å². The van der Waals surface area contributed by atoms with Gasteiger partial charge in [0.25, 0.3) is 0 Å². The molecule has 0 saturated carbocycles. The molecule has 0 atom stereocenters. The Hall–Kier alpha value is -0.640. The van der Waals surface area contributed by atoms with E-state index in [-0.39, 0.29) is 0 Å². The minimum Gasteiger partial charge on any atom is -0.333 e. The van der Waals surface area contributed by atoms with Crippen LogP contribution in [0, 0.1) is 0 Å². The van der Waals surface area contributed by atoms with E-state index in [1.54, 1.807) is 0 Å². The van der Waals surface area contributed by atoms with Crippen LogP contribution < -0.4 is 0 Å². The topological polar surface area (TPSA) is 18.5 Å². The summed E-state index contributed by atoms with van der Waals surface area (Å²) in [7, 11) is 0. The Kier molecular flexibility index (Phi) is 4.92. The smallest absolute Gasteiger partial charge is 0.333 e. The zero-order valence-electron chi connectivity index (χ0n) is 7.46. The third-order valence-corrected chi connectivity index (χ3v) is 1.39. The first-order valence-electron chi connectivity index (χ1n) is 3.65. The predicted octanol–water partition coefficient (Wildman–Crippen LogP) is 2.74. The van der Waals surface area contributed by atoms with Crippen molar-refractivity contribution in [3.05, 3.63) is 0 Å². The minimum atomic E-state index is -6.08. The Labute approximate surface area is 84.1 Å². The third-order valence-electron chi connectivity index (χ3n) is 1.39. The van der Waals surface area contributed by atoms with Gasteiger partial charge in [-0.05, 0) is 0 Å². The van der Waals surface area contributed by atoms with E-state index in [0.29, 0.717) is 0 Å². The van der Waals surface area contributed by atoms with Crippen molar-refractivity contribution in [3.63, 3.8) is 0 Å². The lowest BCUT2D eigenvalue weighted by Crippen LogP contribution is -2.60. The molecule has 0 bridgehead atoms. The number of rotatable bonds is 5. The molecular formula is C6H6F8O2. The van der Waals surface area contributed by atoms with Gasteiger partial charge >= 0.3 is 18.1 Å². The van der Waals surface area contributed by atoms with Gasteiger partial charge < -0.3 is 9.47 Å². The SMILES string of the molecule is FCCOC(OCF)(C(F)(F)F)C(F)(F)F. The Morgan fingerprint density at radius 2 is 1.19 bits per heavy atom. The summed E-state index contributed by atoms with van der Waals surface area (Å²) in [6.07, 6.45) is -12.2. The average Bonchev–Trinajstić information content (AvgIpc) is 2.08. The molecule has 0 unspecified atom stereocenters. The van der Waals surface area contributed by atoms with E-state index < -0.39 is 38.3 Å². The Morgan fingerprint density at radius 3 is 1.44 bits per heavy atom. The van der Waals surface area contributed by atoms with E-state index in [9.17, 15) is 35.1 Å². The summed E-state index contributed by atoms with van der Waals surface area (Å²) in [5, 5.41) is 0. The summed E-state index contributed by atoms with van der Waals surface area (Å²) in [5.74, 6) is -5.14. The quantitative estimate of drug-likeness (QED) is 0.560. The molecule has 0 aliphatic heterocycles. The van der Waals surface area contributed by atoms with Crippen LogP contribution in [0.2, 0.25) is 0 Å². The van der Waals surface area contributed by atoms with Crippen molar-refractivity contribution in [2.45, 2.75) is 18.1 Å². The fourth-order valence-corrected chi connectivity index (χ4v) is 0.789. The molecule has 0 aromatic heterocycles. The van der Waals surface area contributed by atoms with Gasteiger partial charge in [-0.2, -0.15) is 26.3 Å². The monoisotopic (exact) mass is 262 g/mol. The van der Waals surface area contributed by atoms with Gasteiger partial charge in [0.05, 0.1) is 6.61 Å². The van der Waals surface area contributed by atoms with E-state index in [0.717, 1.165) is 0 Å². The molecule has 0 fully saturated rings. The van der Waals surface area contributed by atoms with Crippen LogP contribution in [-0.2, 0) is 9.47 Å². The first-order valence-corrected chi connectivity index (χ1v) is 3.65. The van der Waals surface area contributed by atoms with Crippen LogP contribution in [0.15, 0.2) is 0 Å². The fourth-order valence-electron chi connectivity index (χ4n) is 0.789. The number of hydrogen-bond acceptors (Lipinski definition) is 2. The van der Waals surface area contributed by atoms with Crippen LogP contribution in [0.5, 0.6) is 0 Å². The van der Waals surface area contributed by atoms with E-state index >= 15 is 0 Å². The minimum absolute atomic E-state index is 1.53. The van der Waals surface area contributed by atoms with Crippen LogP contribution in [0.1, 0.15) is 0 Å². The summed E-state index contributed by atoms with van der Waals surface area (Å²) >= 11 is 0. The van der Waals surface area contributed by atoms with Crippen LogP contribution in [0.3, 0.4) is 0 Å². The first kappa shape index (κ1) is 15.4. The summed E-state index contributed by atoms with van der Waals surface area (Å²) < 4.78 is 102. The maximum atomic E-state index is 12.1. The summed E-state index contributed by atoms with van der Waals surface area (Å²) in [5.41, 5.74) is 0. The second-order valence-corrected chi connectivity index (χ2v) is 2.40. The number of ether oxygens (including phenoxy) is 2. The number of hydrogen-bond donors (Lipinski definition) is 0. The van der Waals surface area contributed by atoms with Gasteiger partial charge in [0.1, 0.15) is 6.67 Å². The summed E-state index contributed by atoms with van der Waals surface area (Å²) in [6, 6.07) is 0. The molecule has 0 aromatic carbocycles. The van der Waals surface area contributed by atoms with Crippen molar-refractivity contribution >= 4 is 0 Å². The highest BCUT2D eigenvalue weighted by atomic mass is 19.4. The second kappa shape index (κ2) is 5.13. The van der Waals surface area contributed by atoms with Crippen molar-refractivity contribution in [1.82, 2.24) is 0 Å². The second-order valence-electron chi connectivity index (χ2n) is 2.40. The third kappa shape index (κ3) is 2.94. The fraction of sp³-hybridized carbons (Fsp3) is 1.00. The van der Waals surface area contributed by atoms with Gasteiger partial charge in [-0.15, -0.1) is 0 Å². The van der Waals surface area contributed by atoms with Gasteiger partial charge in [0.2, 0.25) is 0 Å². The molecule has 2 nitrogen and oxygen atoms in total. The molecule has 98 valence electrons. The largest absolute Gasteiger partial charge is 0.453 e. The van der Waals surface area contributed by atoms with Crippen molar-refractivity contribution in [1.29, 1.82) is 0 Å². The molecule has 0 heterocycles. The van der Waals surface area contributed by atoms with Crippen molar-refractivity contribution < 1.29 is 44.6 Å². The molecule has 0 N–H and O–H groups in total. The van der Waals surface area contributed by atoms with Gasteiger partial charge in [-0.25, -0.2) is 8.78 Å². The normalized spacial score (nSPS) is 14.2. The highest BCUT2D eigenvalue weighted by Gasteiger charge is 2.74. The molecule has 0 spiro atoms. The van der Waals surface area contributed by atoms with Crippen LogP contribution in [-0.4, -0.2) is 38.3 Å². The Balaban J connectivity index is 5.23. The molecule has 0 aromatic rings. The van der Waals surface area contributed by atoms with Gasteiger partial charge in [-0.1, -0.05) is 0 Å². The van der Waals surface area contributed by atoms with Crippen LogP contribution in [0.25, 0.3) is 0 Å². The zero-order valence-corrected chi connectivity index (χ0v) is 7.46. The predicted molar refractivity (Wildman–Crippen MR) is 33.8 cm³/mol. The van der Waals surface area contributed by atoms with Crippen molar-refractivity contribution in [3.8, 4) is 0 Å². The maximum absolute atomic E-state index is 12.1. The molecule has 10 heteroatoms. The van der Waals surface area contributed by atoms with Crippen molar-refractivity contribution in [2.75, 3.05) is 20.1 Å². The lowest BCUT2D eigenvalue weighted by atomic mass is 10.2. The lowest BCUT2D eigenvalue weighted by molar-refractivity contribution is -0.473. The number of halogens is 8. The Morgan fingerprint density at radius 1 is 0.750 bits per heavy atom. The average molecular weight is 262 g/mol. The molecule has 0 aliphatic carbocycles. The molecular weight excluding hydrogens is 256 g/mol. The van der Waals surface area contributed by atoms with Gasteiger partial charge in [-0.3, -0.25) is 0 Å². The molecule has 0 radical (unpaired) electrons. The molecule has 16 heavy (non-hydrogen) atoms. The number of alkyl halides is 8. The van der Waals surface area contributed by atoms with Gasteiger partial charge in [0.15, 0.2) is 6.86 Å². The van der Waals surface area contributed by atoms with Gasteiger partial charge in [0, 0.05) is 0 Å². The molecule has 0 saturated heterocycles. The molecule has 0 amide bonds. The lowest BCUT2D eigenvalue weighted by Gasteiger charge is -2.35. The zero-order chi connectivity index (χ0) is 13.0. The molecule has 0 aliphatic rings. The Bertz CT molecular complexity index is 196. The van der Waals surface area contributed by atoms with E-state index in [1.165, 1.54) is 0 Å². The van der Waals surface area contributed by atoms with Crippen LogP contribution >= 0.6 is 0 Å². The first-order chi connectivity index (χ1) is 7.12. The summed E-state index contributed by atoms with van der Waals surface area (Å²) in [4.78, 5) is 0.